The van der Waals surface area contributed by atoms with Crippen molar-refractivity contribution >= 4 is 22.2 Å². The number of hydrogen-bond acceptors (Lipinski definition) is 3. The molecule has 2 rings (SSSR count). The van der Waals surface area contributed by atoms with Crippen LogP contribution in [0.5, 0.6) is 0 Å². The third-order valence-electron chi connectivity index (χ3n) is 4.37. The number of nitrogens with zero attached hydrogens (tertiary/aromatic N) is 1. The highest BCUT2D eigenvalue weighted by atomic mass is 79.9. The van der Waals surface area contributed by atoms with Crippen LogP contribution in [0.1, 0.15) is 25.0 Å². The smallest absolute Gasteiger partial charge is 0.138 e. The van der Waals surface area contributed by atoms with Crippen molar-refractivity contribution < 1.29 is 4.79 Å². The Labute approximate surface area is 136 Å². The van der Waals surface area contributed by atoms with Crippen LogP contribution in [0.3, 0.4) is 0 Å². The molecule has 1 heterocycles. The summed E-state index contributed by atoms with van der Waals surface area (Å²) >= 11 is 3.53. The molecule has 1 aliphatic heterocycles. The molecular weight excluding hydrogens is 328 g/mol. The number of aldehydes is 1. The van der Waals surface area contributed by atoms with Gasteiger partial charge in [-0.2, -0.15) is 0 Å². The Morgan fingerprint density at radius 1 is 1.48 bits per heavy atom. The van der Waals surface area contributed by atoms with Crippen LogP contribution in [0.4, 0.5) is 0 Å². The standard InChI is InChI=1S/C17H25BrN2O/c1-12(2)17(20-7-6-19-16(10-20)11-21)9-14-4-5-15(18)8-13(14)3/h4-5,8,11-12,16-17,19H,6-7,9-10H2,1-3H3. The zero-order valence-corrected chi connectivity index (χ0v) is 14.7. The van der Waals surface area contributed by atoms with E-state index in [0.29, 0.717) is 12.0 Å². The van der Waals surface area contributed by atoms with E-state index in [4.69, 9.17) is 0 Å². The van der Waals surface area contributed by atoms with Gasteiger partial charge in [0.25, 0.3) is 0 Å². The summed E-state index contributed by atoms with van der Waals surface area (Å²) in [4.78, 5) is 13.5. The monoisotopic (exact) mass is 352 g/mol. The average Bonchev–Trinajstić information content (AvgIpc) is 2.46. The molecule has 1 fully saturated rings. The van der Waals surface area contributed by atoms with E-state index in [0.717, 1.165) is 36.8 Å². The molecule has 1 aromatic carbocycles. The van der Waals surface area contributed by atoms with Crippen molar-refractivity contribution in [2.24, 2.45) is 5.92 Å². The first kappa shape index (κ1) is 16.7. The number of halogens is 1. The number of benzene rings is 1. The van der Waals surface area contributed by atoms with Gasteiger partial charge in [0, 0.05) is 30.1 Å². The Morgan fingerprint density at radius 3 is 2.86 bits per heavy atom. The van der Waals surface area contributed by atoms with E-state index >= 15 is 0 Å². The van der Waals surface area contributed by atoms with Crippen LogP contribution in [0, 0.1) is 12.8 Å². The fourth-order valence-electron chi connectivity index (χ4n) is 3.09. The number of aryl methyl sites for hydroxylation is 1. The predicted molar refractivity (Wildman–Crippen MR) is 90.6 cm³/mol. The summed E-state index contributed by atoms with van der Waals surface area (Å²) in [6.07, 6.45) is 2.08. The lowest BCUT2D eigenvalue weighted by Gasteiger charge is -2.39. The molecule has 0 bridgehead atoms. The maximum absolute atomic E-state index is 11.1. The van der Waals surface area contributed by atoms with Crippen LogP contribution in [-0.4, -0.2) is 42.9 Å². The zero-order valence-electron chi connectivity index (χ0n) is 13.1. The third-order valence-corrected chi connectivity index (χ3v) is 4.87. The summed E-state index contributed by atoms with van der Waals surface area (Å²) in [7, 11) is 0. The SMILES string of the molecule is Cc1cc(Br)ccc1CC(C(C)C)N1CCNC(C=O)C1. The largest absolute Gasteiger partial charge is 0.305 e. The van der Waals surface area contributed by atoms with Crippen molar-refractivity contribution in [1.82, 2.24) is 10.2 Å². The van der Waals surface area contributed by atoms with Crippen LogP contribution < -0.4 is 5.32 Å². The normalized spacial score (nSPS) is 21.5. The summed E-state index contributed by atoms with van der Waals surface area (Å²) < 4.78 is 1.13. The predicted octanol–water partition coefficient (Wildman–Crippen LogP) is 2.80. The van der Waals surface area contributed by atoms with Crippen molar-refractivity contribution in [3.63, 3.8) is 0 Å². The molecule has 1 aliphatic rings. The lowest BCUT2D eigenvalue weighted by molar-refractivity contribution is -0.110. The lowest BCUT2D eigenvalue weighted by atomic mass is 9.92. The van der Waals surface area contributed by atoms with Crippen molar-refractivity contribution in [1.29, 1.82) is 0 Å². The van der Waals surface area contributed by atoms with Gasteiger partial charge in [-0.05, 0) is 42.5 Å². The number of carbonyl (C=O) groups is 1. The van der Waals surface area contributed by atoms with E-state index in [1.165, 1.54) is 11.1 Å². The number of piperazine rings is 1. The van der Waals surface area contributed by atoms with Gasteiger partial charge in [-0.25, -0.2) is 0 Å². The minimum atomic E-state index is -0.0222. The lowest BCUT2D eigenvalue weighted by Crippen LogP contribution is -2.56. The molecule has 3 nitrogen and oxygen atoms in total. The molecule has 1 N–H and O–H groups in total. The topological polar surface area (TPSA) is 32.3 Å². The molecule has 1 aromatic rings. The third kappa shape index (κ3) is 4.38. The fourth-order valence-corrected chi connectivity index (χ4v) is 3.57. The first-order valence-corrected chi connectivity index (χ1v) is 8.48. The number of carbonyl (C=O) groups excluding carboxylic acids is 1. The molecule has 1 saturated heterocycles. The molecule has 21 heavy (non-hydrogen) atoms. The van der Waals surface area contributed by atoms with Crippen LogP contribution in [0.2, 0.25) is 0 Å². The first-order chi connectivity index (χ1) is 10.0. The van der Waals surface area contributed by atoms with Gasteiger partial charge < -0.3 is 10.1 Å². The Hall–Kier alpha value is -0.710. The highest BCUT2D eigenvalue weighted by molar-refractivity contribution is 9.10. The summed E-state index contributed by atoms with van der Waals surface area (Å²) in [5, 5.41) is 3.26. The number of nitrogens with one attached hydrogen (secondary N) is 1. The van der Waals surface area contributed by atoms with E-state index in [9.17, 15) is 4.79 Å². The minimum Gasteiger partial charge on any atom is -0.305 e. The van der Waals surface area contributed by atoms with Crippen molar-refractivity contribution in [3.8, 4) is 0 Å². The Balaban J connectivity index is 2.13. The maximum atomic E-state index is 11.1. The van der Waals surface area contributed by atoms with E-state index in [-0.39, 0.29) is 6.04 Å². The van der Waals surface area contributed by atoms with Gasteiger partial charge in [-0.3, -0.25) is 4.90 Å². The van der Waals surface area contributed by atoms with E-state index < -0.39 is 0 Å². The molecule has 116 valence electrons. The maximum Gasteiger partial charge on any atom is 0.138 e. The molecule has 2 unspecified atom stereocenters. The second-order valence-electron chi connectivity index (χ2n) is 6.28. The van der Waals surface area contributed by atoms with Gasteiger partial charge in [-0.1, -0.05) is 35.8 Å². The van der Waals surface area contributed by atoms with Crippen molar-refractivity contribution in [2.45, 2.75) is 39.3 Å². The average molecular weight is 353 g/mol. The molecule has 0 radical (unpaired) electrons. The summed E-state index contributed by atoms with van der Waals surface area (Å²) in [6, 6.07) is 6.97. The highest BCUT2D eigenvalue weighted by Crippen LogP contribution is 2.22. The summed E-state index contributed by atoms with van der Waals surface area (Å²) in [5.41, 5.74) is 2.73. The van der Waals surface area contributed by atoms with Gasteiger partial charge >= 0.3 is 0 Å². The Bertz CT molecular complexity index is 490. The van der Waals surface area contributed by atoms with E-state index in [1.807, 2.05) is 0 Å². The van der Waals surface area contributed by atoms with Gasteiger partial charge in [0.05, 0.1) is 6.04 Å². The molecule has 0 spiro atoms. The second-order valence-corrected chi connectivity index (χ2v) is 7.19. The van der Waals surface area contributed by atoms with E-state index in [2.05, 4.69) is 65.1 Å². The fraction of sp³-hybridized carbons (Fsp3) is 0.588. The number of hydrogen-bond donors (Lipinski definition) is 1. The second kappa shape index (κ2) is 7.52. The molecule has 0 aliphatic carbocycles. The molecule has 0 aromatic heterocycles. The van der Waals surface area contributed by atoms with Crippen LogP contribution in [-0.2, 0) is 11.2 Å². The molecule has 0 amide bonds. The molecular formula is C17H25BrN2O. The van der Waals surface area contributed by atoms with Gasteiger partial charge in [0.2, 0.25) is 0 Å². The minimum absolute atomic E-state index is 0.0222. The molecule has 0 saturated carbocycles. The van der Waals surface area contributed by atoms with Crippen molar-refractivity contribution in [2.75, 3.05) is 19.6 Å². The summed E-state index contributed by atoms with van der Waals surface area (Å²) in [6.45, 7) is 9.45. The zero-order chi connectivity index (χ0) is 15.4. The van der Waals surface area contributed by atoms with Crippen LogP contribution >= 0.6 is 15.9 Å². The molecule has 2 atom stereocenters. The van der Waals surface area contributed by atoms with E-state index in [1.54, 1.807) is 0 Å². The Morgan fingerprint density at radius 2 is 2.24 bits per heavy atom. The Kier molecular flexibility index (Phi) is 5.97. The first-order valence-electron chi connectivity index (χ1n) is 7.69. The quantitative estimate of drug-likeness (QED) is 0.827. The summed E-state index contributed by atoms with van der Waals surface area (Å²) in [5.74, 6) is 0.568. The van der Waals surface area contributed by atoms with Gasteiger partial charge in [0.1, 0.15) is 6.29 Å². The van der Waals surface area contributed by atoms with Crippen LogP contribution in [0.15, 0.2) is 22.7 Å². The van der Waals surface area contributed by atoms with Crippen LogP contribution in [0.25, 0.3) is 0 Å². The van der Waals surface area contributed by atoms with Crippen molar-refractivity contribution in [3.05, 3.63) is 33.8 Å². The highest BCUT2D eigenvalue weighted by Gasteiger charge is 2.27. The molecule has 4 heteroatoms. The van der Waals surface area contributed by atoms with Gasteiger partial charge in [0.15, 0.2) is 0 Å². The number of rotatable bonds is 5. The van der Waals surface area contributed by atoms with Gasteiger partial charge in [-0.15, -0.1) is 0 Å².